The number of ether oxygens (including phenoxy) is 1. The number of piperidine rings is 1. The largest absolute Gasteiger partial charge is 0.382 e. The van der Waals surface area contributed by atoms with Crippen LogP contribution in [0.4, 0.5) is 5.69 Å². The number of rotatable bonds is 6. The van der Waals surface area contributed by atoms with Gasteiger partial charge in [-0.1, -0.05) is 30.9 Å². The Morgan fingerprint density at radius 3 is 2.52 bits per heavy atom. The maximum Gasteiger partial charge on any atom is 0.287 e. The Labute approximate surface area is 189 Å². The lowest BCUT2D eigenvalue weighted by atomic mass is 10.0. The molecule has 0 amide bonds. The summed E-state index contributed by atoms with van der Waals surface area (Å²) >= 11 is 6.36. The molecule has 3 heterocycles. The molecular weight excluding hydrogens is 440 g/mol. The van der Waals surface area contributed by atoms with Crippen LogP contribution in [0, 0.1) is 5.92 Å². The van der Waals surface area contributed by atoms with Gasteiger partial charge in [0.05, 0.1) is 29.8 Å². The molecule has 3 aliphatic rings. The lowest BCUT2D eigenvalue weighted by Crippen LogP contribution is -2.45. The van der Waals surface area contributed by atoms with Crippen LogP contribution in [0.5, 0.6) is 0 Å². The fourth-order valence-corrected chi connectivity index (χ4v) is 7.24. The first-order chi connectivity index (χ1) is 15.0. The maximum atomic E-state index is 13.0. The van der Waals surface area contributed by atoms with Gasteiger partial charge in [0.15, 0.2) is 0 Å². The first-order valence-corrected chi connectivity index (χ1v) is 13.4. The molecule has 10 heteroatoms. The van der Waals surface area contributed by atoms with E-state index in [1.54, 1.807) is 10.5 Å². The Bertz CT molecular complexity index is 902. The van der Waals surface area contributed by atoms with E-state index < -0.39 is 10.0 Å². The number of anilines is 1. The van der Waals surface area contributed by atoms with Crippen LogP contribution in [0.1, 0.15) is 63.8 Å². The van der Waals surface area contributed by atoms with Crippen LogP contribution in [0.3, 0.4) is 0 Å². The van der Waals surface area contributed by atoms with Crippen molar-refractivity contribution in [2.75, 3.05) is 38.2 Å². The quantitative estimate of drug-likeness (QED) is 0.683. The van der Waals surface area contributed by atoms with Gasteiger partial charge >= 0.3 is 0 Å². The molecule has 0 spiro atoms. The third-order valence-electron chi connectivity index (χ3n) is 6.88. The summed E-state index contributed by atoms with van der Waals surface area (Å²) in [6, 6.07) is -0.136. The van der Waals surface area contributed by atoms with Gasteiger partial charge in [0.25, 0.3) is 5.56 Å². The van der Waals surface area contributed by atoms with Gasteiger partial charge in [-0.3, -0.25) is 4.79 Å². The van der Waals surface area contributed by atoms with E-state index in [4.69, 9.17) is 16.3 Å². The molecule has 2 saturated heterocycles. The first kappa shape index (κ1) is 23.0. The normalized spacial score (nSPS) is 24.9. The topological polar surface area (TPSA) is 93.5 Å². The van der Waals surface area contributed by atoms with Crippen molar-refractivity contribution >= 4 is 27.3 Å². The number of halogens is 1. The summed E-state index contributed by atoms with van der Waals surface area (Å²) in [5, 5.41) is 7.50. The van der Waals surface area contributed by atoms with E-state index in [0.717, 1.165) is 58.2 Å². The fraction of sp³-hybridized carbons (Fsp3) is 0.810. The minimum atomic E-state index is -3.25. The molecule has 0 radical (unpaired) electrons. The van der Waals surface area contributed by atoms with Crippen LogP contribution in [-0.4, -0.2) is 60.6 Å². The van der Waals surface area contributed by atoms with E-state index in [2.05, 4.69) is 10.4 Å². The highest BCUT2D eigenvalue weighted by Crippen LogP contribution is 2.30. The Morgan fingerprint density at radius 1 is 1.10 bits per heavy atom. The Morgan fingerprint density at radius 2 is 1.84 bits per heavy atom. The van der Waals surface area contributed by atoms with Crippen molar-refractivity contribution in [3.05, 3.63) is 21.6 Å². The molecule has 174 valence electrons. The second kappa shape index (κ2) is 10.2. The second-order valence-electron chi connectivity index (χ2n) is 9.02. The lowest BCUT2D eigenvalue weighted by molar-refractivity contribution is 0.0595. The predicted molar refractivity (Wildman–Crippen MR) is 121 cm³/mol. The third-order valence-corrected chi connectivity index (χ3v) is 9.65. The van der Waals surface area contributed by atoms with E-state index in [-0.39, 0.29) is 21.9 Å². The minimum absolute atomic E-state index is 0.136. The molecule has 4 rings (SSSR count). The molecule has 1 N–H and O–H groups in total. The molecule has 1 aromatic heterocycles. The zero-order valence-electron chi connectivity index (χ0n) is 18.0. The predicted octanol–water partition coefficient (Wildman–Crippen LogP) is 3.03. The molecular formula is C21H33ClN4O4S. The Kier molecular flexibility index (Phi) is 7.56. The summed E-state index contributed by atoms with van der Waals surface area (Å²) < 4.78 is 34.5. The highest BCUT2D eigenvalue weighted by molar-refractivity contribution is 7.89. The monoisotopic (exact) mass is 472 g/mol. The van der Waals surface area contributed by atoms with Gasteiger partial charge in [-0.25, -0.2) is 17.4 Å². The van der Waals surface area contributed by atoms with Crippen molar-refractivity contribution in [2.45, 2.75) is 69.1 Å². The number of sulfonamides is 1. The highest BCUT2D eigenvalue weighted by atomic mass is 35.5. The van der Waals surface area contributed by atoms with Gasteiger partial charge in [0, 0.05) is 26.2 Å². The molecule has 1 aliphatic carbocycles. The number of nitrogens with zero attached hydrogens (tertiary/aromatic N) is 3. The number of hydrogen-bond acceptors (Lipinski definition) is 6. The number of hydrogen-bond donors (Lipinski definition) is 1. The summed E-state index contributed by atoms with van der Waals surface area (Å²) in [7, 11) is -3.25. The number of aromatic nitrogens is 2. The second-order valence-corrected chi connectivity index (χ2v) is 11.6. The average Bonchev–Trinajstić information content (AvgIpc) is 2.81. The Hall–Kier alpha value is -1.16. The molecule has 1 aromatic rings. The zero-order valence-corrected chi connectivity index (χ0v) is 19.5. The van der Waals surface area contributed by atoms with Gasteiger partial charge in [0.2, 0.25) is 10.0 Å². The van der Waals surface area contributed by atoms with Crippen LogP contribution in [-0.2, 0) is 14.8 Å². The summed E-state index contributed by atoms with van der Waals surface area (Å²) in [4.78, 5) is 12.8. The van der Waals surface area contributed by atoms with E-state index in [0.29, 0.717) is 44.1 Å². The molecule has 1 saturated carbocycles. The van der Waals surface area contributed by atoms with Gasteiger partial charge in [-0.15, -0.1) is 0 Å². The van der Waals surface area contributed by atoms with Gasteiger partial charge in [0.1, 0.15) is 5.02 Å². The van der Waals surface area contributed by atoms with Gasteiger partial charge in [-0.2, -0.15) is 5.10 Å². The summed E-state index contributed by atoms with van der Waals surface area (Å²) in [6.45, 7) is 3.09. The van der Waals surface area contributed by atoms with Crippen LogP contribution in [0.15, 0.2) is 11.0 Å². The molecule has 3 fully saturated rings. The van der Waals surface area contributed by atoms with Crippen molar-refractivity contribution in [1.82, 2.24) is 14.1 Å². The molecule has 8 nitrogen and oxygen atoms in total. The lowest BCUT2D eigenvalue weighted by Gasteiger charge is -2.35. The Balaban J connectivity index is 1.37. The van der Waals surface area contributed by atoms with E-state index in [1.807, 2.05) is 0 Å². The highest BCUT2D eigenvalue weighted by Gasteiger charge is 2.36. The van der Waals surface area contributed by atoms with Crippen LogP contribution in [0.2, 0.25) is 5.02 Å². The van der Waals surface area contributed by atoms with E-state index >= 15 is 0 Å². The van der Waals surface area contributed by atoms with Crippen LogP contribution >= 0.6 is 11.6 Å². The van der Waals surface area contributed by atoms with Crippen molar-refractivity contribution in [3.63, 3.8) is 0 Å². The van der Waals surface area contributed by atoms with E-state index in [9.17, 15) is 13.2 Å². The third kappa shape index (κ3) is 5.26. The molecule has 0 aromatic carbocycles. The minimum Gasteiger partial charge on any atom is -0.382 e. The smallest absolute Gasteiger partial charge is 0.287 e. The van der Waals surface area contributed by atoms with Crippen LogP contribution < -0.4 is 10.9 Å². The van der Waals surface area contributed by atoms with Crippen molar-refractivity contribution < 1.29 is 13.2 Å². The molecule has 0 unspecified atom stereocenters. The molecule has 2 aliphatic heterocycles. The van der Waals surface area contributed by atoms with Gasteiger partial charge < -0.3 is 10.1 Å². The molecule has 31 heavy (non-hydrogen) atoms. The average molecular weight is 473 g/mol. The summed E-state index contributed by atoms with van der Waals surface area (Å²) in [5.74, 6) is 0.405. The maximum absolute atomic E-state index is 13.0. The molecule has 0 bridgehead atoms. The van der Waals surface area contributed by atoms with E-state index in [1.165, 1.54) is 4.68 Å². The standard InChI is InChI=1S/C21H33ClN4O4S/c22-20-19(23-13-16-5-4-12-30-15-16)14-24-26(21(20)27)17-8-10-25(11-9-17)31(28,29)18-6-2-1-3-7-18/h14,16-18,23H,1-13,15H2/t16-/m0/s1. The summed E-state index contributed by atoms with van der Waals surface area (Å²) in [6.07, 6.45) is 9.54. The van der Waals surface area contributed by atoms with Gasteiger partial charge in [-0.05, 0) is 44.4 Å². The fourth-order valence-electron chi connectivity index (χ4n) is 4.97. The molecule has 1 atom stereocenters. The van der Waals surface area contributed by atoms with Crippen molar-refractivity contribution in [3.8, 4) is 0 Å². The SMILES string of the molecule is O=c1c(Cl)c(NC[C@@H]2CCCOC2)cnn1C1CCN(S(=O)(=O)C2CCCCC2)CC1. The summed E-state index contributed by atoms with van der Waals surface area (Å²) in [5.41, 5.74) is 0.228. The number of nitrogens with one attached hydrogen (secondary N) is 1. The van der Waals surface area contributed by atoms with Crippen LogP contribution in [0.25, 0.3) is 0 Å². The first-order valence-electron chi connectivity index (χ1n) is 11.5. The van der Waals surface area contributed by atoms with Crippen molar-refractivity contribution in [1.29, 1.82) is 0 Å². The van der Waals surface area contributed by atoms with Crippen molar-refractivity contribution in [2.24, 2.45) is 5.92 Å². The zero-order chi connectivity index (χ0) is 21.8.